The van der Waals surface area contributed by atoms with Crippen LogP contribution in [0.5, 0.6) is 0 Å². The van der Waals surface area contributed by atoms with Gasteiger partial charge in [-0.1, -0.05) is 0 Å². The molecule has 2 heterocycles. The van der Waals surface area contributed by atoms with Crippen molar-refractivity contribution in [2.24, 2.45) is 5.73 Å². The van der Waals surface area contributed by atoms with E-state index in [1.54, 1.807) is 6.20 Å². The summed E-state index contributed by atoms with van der Waals surface area (Å²) >= 11 is 0. The standard InChI is InChI=1S/C7H10N4.CH5N/c8-7-10-4-5-3-9-2-1-6(5)11-7;1-2/h4,9H,1-3H2,(H2,8,10,11);2H2,1H3. The molecule has 1 aromatic heterocycles. The maximum Gasteiger partial charge on any atom is 0.220 e. The first-order valence-electron chi connectivity index (χ1n) is 4.25. The lowest BCUT2D eigenvalue weighted by Gasteiger charge is -2.14. The van der Waals surface area contributed by atoms with Crippen molar-refractivity contribution in [2.45, 2.75) is 13.0 Å². The van der Waals surface area contributed by atoms with Crippen LogP contribution in [0, 0.1) is 0 Å². The number of rotatable bonds is 0. The van der Waals surface area contributed by atoms with E-state index in [0.29, 0.717) is 5.95 Å². The molecule has 13 heavy (non-hydrogen) atoms. The molecule has 1 aromatic rings. The first-order chi connectivity index (χ1) is 6.36. The number of hydrogen-bond donors (Lipinski definition) is 3. The summed E-state index contributed by atoms with van der Waals surface area (Å²) in [4.78, 5) is 8.06. The van der Waals surface area contributed by atoms with Crippen LogP contribution in [0.3, 0.4) is 0 Å². The number of aromatic nitrogens is 2. The van der Waals surface area contributed by atoms with Crippen LogP contribution in [-0.2, 0) is 13.0 Å². The van der Waals surface area contributed by atoms with Crippen LogP contribution in [0.1, 0.15) is 11.3 Å². The van der Waals surface area contributed by atoms with Gasteiger partial charge in [0, 0.05) is 31.3 Å². The number of nitrogens with zero attached hydrogens (tertiary/aromatic N) is 2. The Labute approximate surface area is 77.6 Å². The highest BCUT2D eigenvalue weighted by Gasteiger charge is 2.09. The fourth-order valence-electron chi connectivity index (χ4n) is 1.25. The molecule has 0 saturated carbocycles. The van der Waals surface area contributed by atoms with Gasteiger partial charge in [-0.2, -0.15) is 0 Å². The summed E-state index contributed by atoms with van der Waals surface area (Å²) in [7, 11) is 1.50. The Morgan fingerprint density at radius 1 is 1.46 bits per heavy atom. The van der Waals surface area contributed by atoms with Crippen LogP contribution in [0.2, 0.25) is 0 Å². The van der Waals surface area contributed by atoms with Gasteiger partial charge in [-0.3, -0.25) is 0 Å². The number of nitrogens with two attached hydrogens (primary N) is 2. The Kier molecular flexibility index (Phi) is 3.60. The molecule has 1 aliphatic rings. The minimum Gasteiger partial charge on any atom is -0.368 e. The van der Waals surface area contributed by atoms with Crippen molar-refractivity contribution in [1.29, 1.82) is 0 Å². The predicted octanol–water partition coefficient (Wildman–Crippen LogP) is -0.721. The van der Waals surface area contributed by atoms with Crippen molar-refractivity contribution in [2.75, 3.05) is 19.3 Å². The Balaban J connectivity index is 0.000000396. The molecule has 0 fully saturated rings. The minimum atomic E-state index is 0.380. The molecule has 5 N–H and O–H groups in total. The molecule has 5 nitrogen and oxygen atoms in total. The van der Waals surface area contributed by atoms with Crippen LogP contribution in [-0.4, -0.2) is 23.6 Å². The molecule has 0 unspecified atom stereocenters. The molecule has 0 spiro atoms. The number of hydrogen-bond acceptors (Lipinski definition) is 5. The lowest BCUT2D eigenvalue weighted by Crippen LogP contribution is -2.25. The smallest absolute Gasteiger partial charge is 0.220 e. The molecule has 0 bridgehead atoms. The molecule has 1 aliphatic heterocycles. The van der Waals surface area contributed by atoms with E-state index >= 15 is 0 Å². The topological polar surface area (TPSA) is 89.9 Å². The Morgan fingerprint density at radius 3 is 3.00 bits per heavy atom. The van der Waals surface area contributed by atoms with E-state index in [4.69, 9.17) is 5.73 Å². The Hall–Kier alpha value is -1.20. The third-order valence-electron chi connectivity index (χ3n) is 1.83. The van der Waals surface area contributed by atoms with Crippen LogP contribution < -0.4 is 16.8 Å². The van der Waals surface area contributed by atoms with Gasteiger partial charge in [-0.25, -0.2) is 9.97 Å². The van der Waals surface area contributed by atoms with Crippen molar-refractivity contribution in [1.82, 2.24) is 15.3 Å². The van der Waals surface area contributed by atoms with Crippen molar-refractivity contribution >= 4 is 5.95 Å². The van der Waals surface area contributed by atoms with Crippen molar-refractivity contribution < 1.29 is 0 Å². The van der Waals surface area contributed by atoms with E-state index in [-0.39, 0.29) is 0 Å². The molecule has 0 amide bonds. The van der Waals surface area contributed by atoms with Gasteiger partial charge in [0.2, 0.25) is 5.95 Å². The third-order valence-corrected chi connectivity index (χ3v) is 1.83. The summed E-state index contributed by atoms with van der Waals surface area (Å²) < 4.78 is 0. The average Bonchev–Trinajstić information content (AvgIpc) is 2.21. The number of nitrogen functional groups attached to an aromatic ring is 1. The summed E-state index contributed by atoms with van der Waals surface area (Å²) in [6, 6.07) is 0. The van der Waals surface area contributed by atoms with E-state index in [9.17, 15) is 0 Å². The summed E-state index contributed by atoms with van der Waals surface area (Å²) in [5, 5.41) is 3.24. The zero-order valence-corrected chi connectivity index (χ0v) is 7.75. The first kappa shape index (κ1) is 9.88. The van der Waals surface area contributed by atoms with Crippen molar-refractivity contribution in [3.63, 3.8) is 0 Å². The van der Waals surface area contributed by atoms with Crippen LogP contribution in [0.4, 0.5) is 5.95 Å². The molecular weight excluding hydrogens is 166 g/mol. The number of nitrogens with one attached hydrogen (secondary N) is 1. The van der Waals surface area contributed by atoms with E-state index < -0.39 is 0 Å². The highest BCUT2D eigenvalue weighted by Crippen LogP contribution is 2.09. The largest absolute Gasteiger partial charge is 0.368 e. The fourth-order valence-corrected chi connectivity index (χ4v) is 1.25. The quantitative estimate of drug-likeness (QED) is 0.491. The van der Waals surface area contributed by atoms with Gasteiger partial charge in [0.1, 0.15) is 0 Å². The van der Waals surface area contributed by atoms with Gasteiger partial charge >= 0.3 is 0 Å². The zero-order valence-electron chi connectivity index (χ0n) is 7.75. The van der Waals surface area contributed by atoms with Crippen LogP contribution in [0.25, 0.3) is 0 Å². The SMILES string of the molecule is CN.Nc1ncc2c(n1)CCNC2. The Morgan fingerprint density at radius 2 is 2.23 bits per heavy atom. The molecule has 0 aliphatic carbocycles. The zero-order chi connectivity index (χ0) is 9.68. The third kappa shape index (κ3) is 2.37. The number of fused-ring (bicyclic) bond motifs is 1. The van der Waals surface area contributed by atoms with Gasteiger partial charge in [-0.15, -0.1) is 0 Å². The normalized spacial score (nSPS) is 14.0. The van der Waals surface area contributed by atoms with Gasteiger partial charge in [-0.05, 0) is 7.05 Å². The maximum absolute atomic E-state index is 5.44. The summed E-state index contributed by atoms with van der Waals surface area (Å²) in [5.74, 6) is 0.380. The van der Waals surface area contributed by atoms with E-state index in [1.165, 1.54) is 12.6 Å². The molecule has 0 radical (unpaired) electrons. The molecular formula is C8H15N5. The van der Waals surface area contributed by atoms with E-state index in [2.05, 4.69) is 21.0 Å². The van der Waals surface area contributed by atoms with Crippen molar-refractivity contribution in [3.05, 3.63) is 17.5 Å². The lowest BCUT2D eigenvalue weighted by atomic mass is 10.1. The summed E-state index contributed by atoms with van der Waals surface area (Å²) in [5.41, 5.74) is 12.2. The average molecular weight is 181 g/mol. The lowest BCUT2D eigenvalue weighted by molar-refractivity contribution is 0.627. The van der Waals surface area contributed by atoms with Gasteiger partial charge < -0.3 is 16.8 Å². The highest BCUT2D eigenvalue weighted by molar-refractivity contribution is 5.26. The van der Waals surface area contributed by atoms with Gasteiger partial charge in [0.25, 0.3) is 0 Å². The number of anilines is 1. The van der Waals surface area contributed by atoms with Gasteiger partial charge in [0.05, 0.1) is 5.69 Å². The highest BCUT2D eigenvalue weighted by atomic mass is 15.0. The maximum atomic E-state index is 5.44. The second kappa shape index (κ2) is 4.74. The molecule has 0 aromatic carbocycles. The second-order valence-electron chi connectivity index (χ2n) is 2.63. The molecule has 0 atom stereocenters. The summed E-state index contributed by atoms with van der Waals surface area (Å²) in [6.07, 6.45) is 2.76. The monoisotopic (exact) mass is 181 g/mol. The van der Waals surface area contributed by atoms with Gasteiger partial charge in [0.15, 0.2) is 0 Å². The fraction of sp³-hybridized carbons (Fsp3) is 0.500. The second-order valence-corrected chi connectivity index (χ2v) is 2.63. The molecule has 0 saturated heterocycles. The van der Waals surface area contributed by atoms with Crippen molar-refractivity contribution in [3.8, 4) is 0 Å². The Bertz CT molecular complexity index is 273. The van der Waals surface area contributed by atoms with Crippen LogP contribution >= 0.6 is 0 Å². The first-order valence-corrected chi connectivity index (χ1v) is 4.25. The molecule has 5 heteroatoms. The van der Waals surface area contributed by atoms with Crippen LogP contribution in [0.15, 0.2) is 6.20 Å². The minimum absolute atomic E-state index is 0.380. The molecule has 2 rings (SSSR count). The summed E-state index contributed by atoms with van der Waals surface area (Å²) in [6.45, 7) is 1.86. The van der Waals surface area contributed by atoms with E-state index in [1.807, 2.05) is 0 Å². The predicted molar refractivity (Wildman–Crippen MR) is 52.0 cm³/mol. The van der Waals surface area contributed by atoms with E-state index in [0.717, 1.165) is 25.2 Å². The molecule has 72 valence electrons.